The van der Waals surface area contributed by atoms with Crippen LogP contribution in [0.4, 0.5) is 0 Å². The van der Waals surface area contributed by atoms with Gasteiger partial charge >= 0.3 is 0 Å². The first-order valence-electron chi connectivity index (χ1n) is 6.42. The van der Waals surface area contributed by atoms with Crippen LogP contribution in [0.5, 0.6) is 5.75 Å². The van der Waals surface area contributed by atoms with E-state index >= 15 is 0 Å². The largest absolute Gasteiger partial charge is 0.496 e. The fraction of sp³-hybridized carbons (Fsp3) is 0.571. The molecular formula is C14H21ClN2O. The summed E-state index contributed by atoms with van der Waals surface area (Å²) in [7, 11) is 1.68. The van der Waals surface area contributed by atoms with Crippen molar-refractivity contribution < 1.29 is 4.74 Å². The number of methoxy groups -OCH3 is 1. The van der Waals surface area contributed by atoms with Crippen molar-refractivity contribution in [2.45, 2.75) is 25.8 Å². The minimum Gasteiger partial charge on any atom is -0.496 e. The molecule has 3 nitrogen and oxygen atoms in total. The van der Waals surface area contributed by atoms with Crippen LogP contribution in [0.2, 0.25) is 5.02 Å². The molecule has 0 bridgehead atoms. The maximum absolute atomic E-state index is 6.32. The molecule has 18 heavy (non-hydrogen) atoms. The van der Waals surface area contributed by atoms with Gasteiger partial charge in [-0.3, -0.25) is 0 Å². The van der Waals surface area contributed by atoms with E-state index in [-0.39, 0.29) is 6.04 Å². The van der Waals surface area contributed by atoms with E-state index in [0.717, 1.165) is 41.4 Å². The molecule has 3 N–H and O–H groups in total. The van der Waals surface area contributed by atoms with Gasteiger partial charge < -0.3 is 15.8 Å². The van der Waals surface area contributed by atoms with E-state index in [9.17, 15) is 0 Å². The highest BCUT2D eigenvalue weighted by Crippen LogP contribution is 2.34. The zero-order chi connectivity index (χ0) is 13.1. The lowest BCUT2D eigenvalue weighted by Gasteiger charge is -2.20. The summed E-state index contributed by atoms with van der Waals surface area (Å²) in [5.74, 6) is 1.53. The SMILES string of the molecule is COc1c(C)cc(Cl)cc1C(N)CC1CCNC1. The van der Waals surface area contributed by atoms with Gasteiger partial charge in [-0.1, -0.05) is 11.6 Å². The molecule has 1 saturated heterocycles. The molecule has 4 heteroatoms. The molecule has 1 aliphatic rings. The predicted molar refractivity (Wildman–Crippen MR) is 75.3 cm³/mol. The molecule has 2 rings (SSSR count). The summed E-state index contributed by atoms with van der Waals surface area (Å²) in [5.41, 5.74) is 8.39. The van der Waals surface area contributed by atoms with Crippen LogP contribution in [0.15, 0.2) is 12.1 Å². The van der Waals surface area contributed by atoms with Crippen LogP contribution < -0.4 is 15.8 Å². The lowest BCUT2D eigenvalue weighted by molar-refractivity contribution is 0.393. The van der Waals surface area contributed by atoms with Crippen molar-refractivity contribution in [3.63, 3.8) is 0 Å². The topological polar surface area (TPSA) is 47.3 Å². The van der Waals surface area contributed by atoms with Crippen molar-refractivity contribution in [2.75, 3.05) is 20.2 Å². The van der Waals surface area contributed by atoms with Crippen LogP contribution in [0.25, 0.3) is 0 Å². The molecule has 1 aromatic carbocycles. The van der Waals surface area contributed by atoms with E-state index < -0.39 is 0 Å². The van der Waals surface area contributed by atoms with Crippen LogP contribution in [-0.2, 0) is 0 Å². The molecule has 100 valence electrons. The minimum absolute atomic E-state index is 0.0118. The third kappa shape index (κ3) is 2.97. The van der Waals surface area contributed by atoms with E-state index in [2.05, 4.69) is 5.32 Å². The van der Waals surface area contributed by atoms with E-state index in [1.54, 1.807) is 7.11 Å². The highest BCUT2D eigenvalue weighted by molar-refractivity contribution is 6.30. The third-order valence-electron chi connectivity index (χ3n) is 3.62. The number of nitrogens with two attached hydrogens (primary N) is 1. The van der Waals surface area contributed by atoms with Crippen LogP contribution in [-0.4, -0.2) is 20.2 Å². The molecule has 2 atom stereocenters. The van der Waals surface area contributed by atoms with Crippen LogP contribution in [0.1, 0.15) is 30.0 Å². The fourth-order valence-corrected chi connectivity index (χ4v) is 2.99. The van der Waals surface area contributed by atoms with Crippen molar-refractivity contribution in [1.82, 2.24) is 5.32 Å². The maximum atomic E-state index is 6.32. The Kier molecular flexibility index (Phi) is 4.49. The molecule has 0 radical (unpaired) electrons. The van der Waals surface area contributed by atoms with E-state index in [4.69, 9.17) is 22.1 Å². The Hall–Kier alpha value is -0.770. The molecule has 1 fully saturated rings. The summed E-state index contributed by atoms with van der Waals surface area (Å²) in [4.78, 5) is 0. The fourth-order valence-electron chi connectivity index (χ4n) is 2.71. The summed E-state index contributed by atoms with van der Waals surface area (Å²) in [6.45, 7) is 4.16. The average molecular weight is 269 g/mol. The number of ether oxygens (including phenoxy) is 1. The molecule has 1 heterocycles. The summed E-state index contributed by atoms with van der Waals surface area (Å²) in [6.07, 6.45) is 2.18. The highest BCUT2D eigenvalue weighted by atomic mass is 35.5. The van der Waals surface area contributed by atoms with Crippen molar-refractivity contribution in [1.29, 1.82) is 0 Å². The molecule has 0 spiro atoms. The van der Waals surface area contributed by atoms with E-state index in [0.29, 0.717) is 5.92 Å². The summed E-state index contributed by atoms with van der Waals surface area (Å²) >= 11 is 6.12. The zero-order valence-electron chi connectivity index (χ0n) is 11.0. The van der Waals surface area contributed by atoms with E-state index in [1.165, 1.54) is 6.42 Å². The van der Waals surface area contributed by atoms with Gasteiger partial charge in [0.25, 0.3) is 0 Å². The van der Waals surface area contributed by atoms with Gasteiger partial charge in [-0.2, -0.15) is 0 Å². The summed E-state index contributed by atoms with van der Waals surface area (Å²) in [6, 6.07) is 3.83. The van der Waals surface area contributed by atoms with Gasteiger partial charge in [0.2, 0.25) is 0 Å². The average Bonchev–Trinajstić information content (AvgIpc) is 2.80. The van der Waals surface area contributed by atoms with Gasteiger partial charge in [0.1, 0.15) is 5.75 Å². The second-order valence-corrected chi connectivity index (χ2v) is 5.48. The standard InChI is InChI=1S/C14H21ClN2O/c1-9-5-11(15)7-12(14(9)18-2)13(16)6-10-3-4-17-8-10/h5,7,10,13,17H,3-4,6,8,16H2,1-2H3. The lowest BCUT2D eigenvalue weighted by Crippen LogP contribution is -2.18. The molecule has 1 aliphatic heterocycles. The van der Waals surface area contributed by atoms with Gasteiger partial charge in [0.15, 0.2) is 0 Å². The Morgan fingerprint density at radius 2 is 2.33 bits per heavy atom. The second-order valence-electron chi connectivity index (χ2n) is 5.05. The van der Waals surface area contributed by atoms with Gasteiger partial charge in [0.05, 0.1) is 7.11 Å². The minimum atomic E-state index is -0.0118. The summed E-state index contributed by atoms with van der Waals surface area (Å²) < 4.78 is 5.46. The third-order valence-corrected chi connectivity index (χ3v) is 3.84. The lowest BCUT2D eigenvalue weighted by atomic mass is 9.93. The quantitative estimate of drug-likeness (QED) is 0.883. The van der Waals surface area contributed by atoms with Gasteiger partial charge in [-0.25, -0.2) is 0 Å². The number of halogens is 1. The van der Waals surface area contributed by atoms with Crippen molar-refractivity contribution in [2.24, 2.45) is 11.7 Å². The van der Waals surface area contributed by atoms with Crippen molar-refractivity contribution >= 4 is 11.6 Å². The summed E-state index contributed by atoms with van der Waals surface area (Å²) in [5, 5.41) is 4.09. The van der Waals surface area contributed by atoms with Crippen LogP contribution in [0, 0.1) is 12.8 Å². The molecule has 0 aromatic heterocycles. The van der Waals surface area contributed by atoms with Crippen molar-refractivity contribution in [3.05, 3.63) is 28.3 Å². The maximum Gasteiger partial charge on any atom is 0.126 e. The van der Waals surface area contributed by atoms with Crippen molar-refractivity contribution in [3.8, 4) is 5.75 Å². The number of aryl methyl sites for hydroxylation is 1. The molecule has 0 aliphatic carbocycles. The van der Waals surface area contributed by atoms with Crippen LogP contribution >= 0.6 is 11.6 Å². The number of benzene rings is 1. The molecule has 1 aromatic rings. The second kappa shape index (κ2) is 5.91. The number of rotatable bonds is 4. The number of hydrogen-bond donors (Lipinski definition) is 2. The first-order valence-corrected chi connectivity index (χ1v) is 6.80. The highest BCUT2D eigenvalue weighted by Gasteiger charge is 2.21. The zero-order valence-corrected chi connectivity index (χ0v) is 11.8. The Balaban J connectivity index is 2.19. The Morgan fingerprint density at radius 1 is 1.56 bits per heavy atom. The van der Waals surface area contributed by atoms with Gasteiger partial charge in [-0.05, 0) is 56.5 Å². The van der Waals surface area contributed by atoms with Gasteiger partial charge in [0, 0.05) is 16.6 Å². The van der Waals surface area contributed by atoms with Gasteiger partial charge in [-0.15, -0.1) is 0 Å². The molecule has 2 unspecified atom stereocenters. The first-order chi connectivity index (χ1) is 8.61. The smallest absolute Gasteiger partial charge is 0.126 e. The monoisotopic (exact) mass is 268 g/mol. The Bertz CT molecular complexity index is 417. The molecular weight excluding hydrogens is 248 g/mol. The number of hydrogen-bond acceptors (Lipinski definition) is 3. The normalized spacial score (nSPS) is 21.0. The number of nitrogens with one attached hydrogen (secondary N) is 1. The molecule has 0 amide bonds. The predicted octanol–water partition coefficient (Wildman–Crippen LogP) is 2.66. The Morgan fingerprint density at radius 3 is 2.94 bits per heavy atom. The first kappa shape index (κ1) is 13.7. The van der Waals surface area contributed by atoms with E-state index in [1.807, 2.05) is 19.1 Å². The molecule has 0 saturated carbocycles. The van der Waals surface area contributed by atoms with Crippen LogP contribution in [0.3, 0.4) is 0 Å². The Labute approximate surface area is 114 Å².